The van der Waals surface area contributed by atoms with Crippen LogP contribution in [0.2, 0.25) is 0 Å². The van der Waals surface area contributed by atoms with Gasteiger partial charge in [-0.1, -0.05) is 0 Å². The summed E-state index contributed by atoms with van der Waals surface area (Å²) in [5, 5.41) is 14.4. The summed E-state index contributed by atoms with van der Waals surface area (Å²) >= 11 is 0. The maximum Gasteiger partial charge on any atom is 0.335 e. The molecule has 2 heterocycles. The number of carboxylic acid groups (broad SMARTS) is 1. The van der Waals surface area contributed by atoms with Crippen LogP contribution in [0.1, 0.15) is 23.0 Å². The predicted molar refractivity (Wildman–Crippen MR) is 80.7 cm³/mol. The van der Waals surface area contributed by atoms with Crippen molar-refractivity contribution in [1.29, 1.82) is 0 Å². The summed E-state index contributed by atoms with van der Waals surface area (Å²) in [5.74, 6) is -0.727. The van der Waals surface area contributed by atoms with Crippen LogP contribution in [0, 0.1) is 0 Å². The van der Waals surface area contributed by atoms with Crippen molar-refractivity contribution >= 4 is 29.4 Å². The number of hydrogen-bond donors (Lipinski definition) is 1. The second-order valence-electron chi connectivity index (χ2n) is 4.73. The molecule has 0 atom stereocenters. The highest BCUT2D eigenvalue weighted by atomic mass is 16.4. The van der Waals surface area contributed by atoms with Gasteiger partial charge in [0.05, 0.1) is 28.8 Å². The van der Waals surface area contributed by atoms with Gasteiger partial charge >= 0.3 is 5.97 Å². The summed E-state index contributed by atoms with van der Waals surface area (Å²) in [6, 6.07) is 9.45. The van der Waals surface area contributed by atoms with E-state index in [1.807, 2.05) is 0 Å². The molecule has 0 fully saturated rings. The van der Waals surface area contributed by atoms with Crippen LogP contribution < -0.4 is 5.01 Å². The number of amides is 1. The first-order chi connectivity index (χ1) is 10.6. The molecular formula is C16H12N2O4. The molecule has 0 aliphatic carbocycles. The minimum absolute atomic E-state index is 0.155. The van der Waals surface area contributed by atoms with Gasteiger partial charge in [0.25, 0.3) is 5.91 Å². The Kier molecular flexibility index (Phi) is 3.34. The molecule has 2 aromatic rings. The molecule has 110 valence electrons. The van der Waals surface area contributed by atoms with E-state index in [1.54, 1.807) is 37.3 Å². The van der Waals surface area contributed by atoms with Crippen LogP contribution in [0.25, 0.3) is 6.08 Å². The van der Waals surface area contributed by atoms with Gasteiger partial charge in [-0.25, -0.2) is 4.79 Å². The maximum absolute atomic E-state index is 12.4. The fourth-order valence-corrected chi connectivity index (χ4v) is 2.12. The largest absolute Gasteiger partial charge is 0.478 e. The minimum atomic E-state index is -1.02. The fraction of sp³-hybridized carbons (Fsp3) is 0.0625. The first kappa shape index (κ1) is 13.8. The highest BCUT2D eigenvalue weighted by molar-refractivity contribution is 6.32. The highest BCUT2D eigenvalue weighted by Gasteiger charge is 2.29. The average molecular weight is 296 g/mol. The Morgan fingerprint density at radius 1 is 1.27 bits per heavy atom. The Balaban J connectivity index is 1.91. The summed E-state index contributed by atoms with van der Waals surface area (Å²) in [6.45, 7) is 1.73. The van der Waals surface area contributed by atoms with E-state index >= 15 is 0 Å². The first-order valence-corrected chi connectivity index (χ1v) is 6.55. The molecule has 1 aromatic carbocycles. The van der Waals surface area contributed by atoms with Crippen molar-refractivity contribution in [2.24, 2.45) is 5.10 Å². The van der Waals surface area contributed by atoms with Crippen molar-refractivity contribution in [3.8, 4) is 0 Å². The molecule has 0 spiro atoms. The number of furan rings is 1. The molecule has 0 unspecified atom stereocenters. The number of benzene rings is 1. The van der Waals surface area contributed by atoms with Crippen LogP contribution >= 0.6 is 0 Å². The lowest BCUT2D eigenvalue weighted by atomic mass is 10.1. The molecule has 1 amide bonds. The van der Waals surface area contributed by atoms with E-state index in [0.29, 0.717) is 22.7 Å². The van der Waals surface area contributed by atoms with Crippen molar-refractivity contribution < 1.29 is 19.1 Å². The molecule has 6 heteroatoms. The van der Waals surface area contributed by atoms with Gasteiger partial charge in [0.15, 0.2) is 0 Å². The van der Waals surface area contributed by atoms with E-state index in [2.05, 4.69) is 5.10 Å². The van der Waals surface area contributed by atoms with E-state index in [-0.39, 0.29) is 11.5 Å². The smallest absolute Gasteiger partial charge is 0.335 e. The zero-order valence-electron chi connectivity index (χ0n) is 11.7. The number of anilines is 1. The average Bonchev–Trinajstić information content (AvgIpc) is 3.11. The van der Waals surface area contributed by atoms with Crippen LogP contribution in [-0.2, 0) is 4.79 Å². The normalized spacial score (nSPS) is 16.2. The highest BCUT2D eigenvalue weighted by Crippen LogP contribution is 2.25. The third-order valence-corrected chi connectivity index (χ3v) is 3.25. The molecule has 1 aliphatic heterocycles. The number of rotatable bonds is 3. The molecule has 3 rings (SSSR count). The van der Waals surface area contributed by atoms with E-state index in [9.17, 15) is 9.59 Å². The quantitative estimate of drug-likeness (QED) is 0.883. The summed E-state index contributed by atoms with van der Waals surface area (Å²) in [5.41, 5.74) is 1.68. The molecule has 1 aromatic heterocycles. The SMILES string of the molecule is CC1=NN(c2ccc(C(=O)O)cc2)C(=O)C1=Cc1ccco1. The Labute approximate surface area is 126 Å². The zero-order chi connectivity index (χ0) is 15.7. The van der Waals surface area contributed by atoms with Crippen LogP contribution in [0.4, 0.5) is 5.69 Å². The predicted octanol–water partition coefficient (Wildman–Crippen LogP) is 2.78. The van der Waals surface area contributed by atoms with Crippen molar-refractivity contribution in [2.45, 2.75) is 6.92 Å². The second kappa shape index (κ2) is 5.33. The summed E-state index contributed by atoms with van der Waals surface area (Å²) in [4.78, 5) is 23.3. The van der Waals surface area contributed by atoms with Gasteiger partial charge in [-0.15, -0.1) is 0 Å². The van der Waals surface area contributed by atoms with E-state index in [0.717, 1.165) is 0 Å². The lowest BCUT2D eigenvalue weighted by Gasteiger charge is -2.11. The molecule has 22 heavy (non-hydrogen) atoms. The summed E-state index contributed by atoms with van der Waals surface area (Å²) < 4.78 is 5.21. The number of aromatic carboxylic acids is 1. The molecule has 6 nitrogen and oxygen atoms in total. The summed E-state index contributed by atoms with van der Waals surface area (Å²) in [7, 11) is 0. The number of carboxylic acids is 1. The lowest BCUT2D eigenvalue weighted by Crippen LogP contribution is -2.21. The zero-order valence-corrected chi connectivity index (χ0v) is 11.7. The Morgan fingerprint density at radius 2 is 2.00 bits per heavy atom. The van der Waals surface area contributed by atoms with E-state index < -0.39 is 5.97 Å². The number of hydrogen-bond acceptors (Lipinski definition) is 4. The van der Waals surface area contributed by atoms with Gasteiger partial charge in [-0.2, -0.15) is 10.1 Å². The lowest BCUT2D eigenvalue weighted by molar-refractivity contribution is -0.114. The van der Waals surface area contributed by atoms with Crippen molar-refractivity contribution in [3.05, 3.63) is 59.6 Å². The first-order valence-electron chi connectivity index (χ1n) is 6.55. The molecule has 0 saturated carbocycles. The molecule has 0 saturated heterocycles. The van der Waals surface area contributed by atoms with Gasteiger partial charge < -0.3 is 9.52 Å². The number of carbonyl (C=O) groups is 2. The second-order valence-corrected chi connectivity index (χ2v) is 4.73. The van der Waals surface area contributed by atoms with Gasteiger partial charge in [0.1, 0.15) is 5.76 Å². The third-order valence-electron chi connectivity index (χ3n) is 3.25. The number of hydrazone groups is 1. The fourth-order valence-electron chi connectivity index (χ4n) is 2.12. The van der Waals surface area contributed by atoms with Crippen LogP contribution in [0.15, 0.2) is 57.8 Å². The standard InChI is InChI=1S/C16H12N2O4/c1-10-14(9-13-3-2-8-22-13)15(19)18(17-10)12-6-4-11(5-7-12)16(20)21/h2-9H,1H3,(H,20,21). The van der Waals surface area contributed by atoms with Gasteiger partial charge in [0, 0.05) is 0 Å². The molecular weight excluding hydrogens is 284 g/mol. The van der Waals surface area contributed by atoms with Crippen molar-refractivity contribution in [3.63, 3.8) is 0 Å². The number of carbonyl (C=O) groups excluding carboxylic acids is 1. The third kappa shape index (κ3) is 2.42. The van der Waals surface area contributed by atoms with Gasteiger partial charge in [-0.3, -0.25) is 4.79 Å². The number of nitrogens with zero attached hydrogens (tertiary/aromatic N) is 2. The van der Waals surface area contributed by atoms with Crippen molar-refractivity contribution in [1.82, 2.24) is 0 Å². The van der Waals surface area contributed by atoms with Crippen LogP contribution in [0.5, 0.6) is 0 Å². The topological polar surface area (TPSA) is 83.1 Å². The molecule has 0 radical (unpaired) electrons. The molecule has 1 N–H and O–H groups in total. The maximum atomic E-state index is 12.4. The van der Waals surface area contributed by atoms with E-state index in [4.69, 9.17) is 9.52 Å². The summed E-state index contributed by atoms with van der Waals surface area (Å²) in [6.07, 6.45) is 3.16. The molecule has 0 bridgehead atoms. The van der Waals surface area contributed by atoms with Crippen molar-refractivity contribution in [2.75, 3.05) is 5.01 Å². The minimum Gasteiger partial charge on any atom is -0.478 e. The van der Waals surface area contributed by atoms with Gasteiger partial charge in [0.2, 0.25) is 0 Å². The monoisotopic (exact) mass is 296 g/mol. The van der Waals surface area contributed by atoms with Crippen LogP contribution in [0.3, 0.4) is 0 Å². The Hall–Kier alpha value is -3.15. The Morgan fingerprint density at radius 3 is 2.59 bits per heavy atom. The van der Waals surface area contributed by atoms with E-state index in [1.165, 1.54) is 23.4 Å². The van der Waals surface area contributed by atoms with Crippen LogP contribution in [-0.4, -0.2) is 22.7 Å². The Bertz CT molecular complexity index is 786. The van der Waals surface area contributed by atoms with Gasteiger partial charge in [-0.05, 0) is 49.4 Å². The molecule has 1 aliphatic rings.